The Hall–Kier alpha value is -0.640. The highest BCUT2D eigenvalue weighted by Crippen LogP contribution is 2.12. The van der Waals surface area contributed by atoms with E-state index in [1.807, 2.05) is 0 Å². The Morgan fingerprint density at radius 1 is 1.50 bits per heavy atom. The molecule has 0 radical (unpaired) electrons. The fourth-order valence-corrected chi connectivity index (χ4v) is 1.93. The van der Waals surface area contributed by atoms with Crippen molar-refractivity contribution in [2.75, 3.05) is 20.2 Å². The van der Waals surface area contributed by atoms with Crippen LogP contribution in [0.1, 0.15) is 32.1 Å². The molecule has 0 aromatic rings. The number of likely N-dealkylation sites (tertiary alicyclic amines) is 1. The molecule has 1 rings (SSSR count). The molecule has 0 spiro atoms. The van der Waals surface area contributed by atoms with Gasteiger partial charge >= 0.3 is 5.97 Å². The largest absolute Gasteiger partial charge is 0.469 e. The zero-order chi connectivity index (χ0) is 10.4. The third-order valence-electron chi connectivity index (χ3n) is 2.48. The maximum absolute atomic E-state index is 11.0. The summed E-state index contributed by atoms with van der Waals surface area (Å²) in [7, 11) is 1.42. The Labute approximate surface area is 90.4 Å². The highest BCUT2D eigenvalue weighted by Gasteiger charge is 2.14. The monoisotopic (exact) mass is 215 g/mol. The predicted octanol–water partition coefficient (Wildman–Crippen LogP) is 1.75. The van der Waals surface area contributed by atoms with Crippen molar-refractivity contribution in [1.29, 1.82) is 0 Å². The molecule has 0 aromatic heterocycles. The highest BCUT2D eigenvalue weighted by atomic mass is 32.1. The standard InChI is InChI=1S/C10H17NO2S/c1-13-10(12)6-8-11-7-4-2-3-5-9(11)14/h2-8H2,1H3. The molecule has 0 atom stereocenters. The second kappa shape index (κ2) is 5.96. The Morgan fingerprint density at radius 2 is 2.29 bits per heavy atom. The lowest BCUT2D eigenvalue weighted by Crippen LogP contribution is -2.31. The van der Waals surface area contributed by atoms with E-state index in [1.54, 1.807) is 0 Å². The van der Waals surface area contributed by atoms with E-state index in [0.717, 1.165) is 18.0 Å². The van der Waals surface area contributed by atoms with Gasteiger partial charge in [0.15, 0.2) is 0 Å². The first kappa shape index (κ1) is 11.4. The van der Waals surface area contributed by atoms with Crippen molar-refractivity contribution < 1.29 is 9.53 Å². The molecule has 0 aromatic carbocycles. The van der Waals surface area contributed by atoms with Gasteiger partial charge in [-0.15, -0.1) is 0 Å². The van der Waals surface area contributed by atoms with Crippen LogP contribution in [0.2, 0.25) is 0 Å². The first-order chi connectivity index (χ1) is 6.74. The predicted molar refractivity (Wildman–Crippen MR) is 59.3 cm³/mol. The van der Waals surface area contributed by atoms with Crippen LogP contribution in [0, 0.1) is 0 Å². The summed E-state index contributed by atoms with van der Waals surface area (Å²) in [4.78, 5) is 14.1. The van der Waals surface area contributed by atoms with E-state index in [4.69, 9.17) is 12.2 Å². The summed E-state index contributed by atoms with van der Waals surface area (Å²) < 4.78 is 4.60. The molecule has 0 saturated carbocycles. The van der Waals surface area contributed by atoms with Gasteiger partial charge in [0.2, 0.25) is 0 Å². The van der Waals surface area contributed by atoms with Crippen LogP contribution in [0.5, 0.6) is 0 Å². The molecule has 14 heavy (non-hydrogen) atoms. The third-order valence-corrected chi connectivity index (χ3v) is 2.95. The quantitative estimate of drug-likeness (QED) is 0.530. The number of hydrogen-bond donors (Lipinski definition) is 0. The van der Waals surface area contributed by atoms with Crippen molar-refractivity contribution >= 4 is 23.2 Å². The second-order valence-electron chi connectivity index (χ2n) is 3.52. The highest BCUT2D eigenvalue weighted by molar-refractivity contribution is 7.80. The number of carbonyl (C=O) groups excluding carboxylic acids is 1. The van der Waals surface area contributed by atoms with Crippen LogP contribution >= 0.6 is 12.2 Å². The van der Waals surface area contributed by atoms with Crippen molar-refractivity contribution in [3.8, 4) is 0 Å². The topological polar surface area (TPSA) is 29.5 Å². The smallest absolute Gasteiger partial charge is 0.307 e. The van der Waals surface area contributed by atoms with E-state index in [-0.39, 0.29) is 5.97 Å². The maximum atomic E-state index is 11.0. The first-order valence-corrected chi connectivity index (χ1v) is 5.49. The van der Waals surface area contributed by atoms with Crippen molar-refractivity contribution in [2.24, 2.45) is 0 Å². The summed E-state index contributed by atoms with van der Waals surface area (Å²) in [6.07, 6.45) is 5.05. The minimum absolute atomic E-state index is 0.156. The van der Waals surface area contributed by atoms with Gasteiger partial charge in [0.05, 0.1) is 18.5 Å². The van der Waals surface area contributed by atoms with E-state index >= 15 is 0 Å². The van der Waals surface area contributed by atoms with Gasteiger partial charge in [-0.25, -0.2) is 0 Å². The van der Waals surface area contributed by atoms with Crippen LogP contribution in [0.25, 0.3) is 0 Å². The van der Waals surface area contributed by atoms with Crippen molar-refractivity contribution in [2.45, 2.75) is 32.1 Å². The molecule has 4 heteroatoms. The molecule has 80 valence electrons. The van der Waals surface area contributed by atoms with Crippen LogP contribution in [-0.4, -0.2) is 36.1 Å². The average Bonchev–Trinajstić information content (AvgIpc) is 2.39. The van der Waals surface area contributed by atoms with Gasteiger partial charge in [-0.05, 0) is 19.3 Å². The van der Waals surface area contributed by atoms with Crippen LogP contribution in [-0.2, 0) is 9.53 Å². The number of carbonyl (C=O) groups is 1. The number of hydrogen-bond acceptors (Lipinski definition) is 3. The molecule has 1 fully saturated rings. The summed E-state index contributed by atoms with van der Waals surface area (Å²) in [5.74, 6) is -0.156. The molecule has 1 aliphatic rings. The van der Waals surface area contributed by atoms with E-state index in [1.165, 1.54) is 26.4 Å². The van der Waals surface area contributed by atoms with Crippen LogP contribution in [0.4, 0.5) is 0 Å². The van der Waals surface area contributed by atoms with Crippen LogP contribution in [0.3, 0.4) is 0 Å². The normalized spacial score (nSPS) is 17.8. The lowest BCUT2D eigenvalue weighted by atomic mass is 10.2. The zero-order valence-electron chi connectivity index (χ0n) is 8.62. The Balaban J connectivity index is 2.33. The number of methoxy groups -OCH3 is 1. The van der Waals surface area contributed by atoms with Gasteiger partial charge in [0, 0.05) is 13.1 Å². The lowest BCUT2D eigenvalue weighted by molar-refractivity contribution is -0.140. The van der Waals surface area contributed by atoms with Gasteiger partial charge < -0.3 is 9.64 Å². The maximum Gasteiger partial charge on any atom is 0.307 e. The van der Waals surface area contributed by atoms with Crippen molar-refractivity contribution in [3.63, 3.8) is 0 Å². The fourth-order valence-electron chi connectivity index (χ4n) is 1.60. The number of thiocarbonyl (C=S) groups is 1. The average molecular weight is 215 g/mol. The summed E-state index contributed by atoms with van der Waals surface area (Å²) in [6.45, 7) is 1.71. The Kier molecular flexibility index (Phi) is 4.87. The van der Waals surface area contributed by atoms with Gasteiger partial charge in [-0.1, -0.05) is 18.6 Å². The van der Waals surface area contributed by atoms with Crippen molar-refractivity contribution in [1.82, 2.24) is 4.90 Å². The number of rotatable bonds is 3. The molecular weight excluding hydrogens is 198 g/mol. The molecule has 0 aliphatic carbocycles. The molecule has 0 amide bonds. The molecule has 1 heterocycles. The third kappa shape index (κ3) is 3.62. The molecule has 1 saturated heterocycles. The molecule has 0 N–H and O–H groups in total. The Morgan fingerprint density at radius 3 is 3.00 bits per heavy atom. The number of nitrogens with zero attached hydrogens (tertiary/aromatic N) is 1. The summed E-state index contributed by atoms with van der Waals surface area (Å²) in [5.41, 5.74) is 0. The Bertz CT molecular complexity index is 218. The lowest BCUT2D eigenvalue weighted by Gasteiger charge is -2.22. The number of ether oxygens (including phenoxy) is 1. The van der Waals surface area contributed by atoms with Gasteiger partial charge in [-0.3, -0.25) is 4.79 Å². The van der Waals surface area contributed by atoms with Crippen molar-refractivity contribution in [3.05, 3.63) is 0 Å². The fraction of sp³-hybridized carbons (Fsp3) is 0.800. The van der Waals surface area contributed by atoms with Crippen LogP contribution in [0.15, 0.2) is 0 Å². The van der Waals surface area contributed by atoms with E-state index in [2.05, 4.69) is 9.64 Å². The van der Waals surface area contributed by atoms with E-state index in [0.29, 0.717) is 13.0 Å². The molecule has 0 bridgehead atoms. The minimum atomic E-state index is -0.156. The molecule has 1 aliphatic heterocycles. The first-order valence-electron chi connectivity index (χ1n) is 5.08. The molecule has 3 nitrogen and oxygen atoms in total. The summed E-state index contributed by atoms with van der Waals surface area (Å²) in [5, 5.41) is 0. The SMILES string of the molecule is COC(=O)CCN1CCCCCC1=S. The summed E-state index contributed by atoms with van der Waals surface area (Å²) >= 11 is 5.28. The number of esters is 1. The molecular formula is C10H17NO2S. The van der Waals surface area contributed by atoms with Crippen LogP contribution < -0.4 is 0 Å². The van der Waals surface area contributed by atoms with E-state index < -0.39 is 0 Å². The zero-order valence-corrected chi connectivity index (χ0v) is 9.44. The van der Waals surface area contributed by atoms with Gasteiger partial charge in [-0.2, -0.15) is 0 Å². The summed E-state index contributed by atoms with van der Waals surface area (Å²) in [6, 6.07) is 0. The minimum Gasteiger partial charge on any atom is -0.469 e. The van der Waals surface area contributed by atoms with E-state index in [9.17, 15) is 4.79 Å². The molecule has 0 unspecified atom stereocenters. The van der Waals surface area contributed by atoms with Gasteiger partial charge in [0.1, 0.15) is 0 Å². The second-order valence-corrected chi connectivity index (χ2v) is 3.99. The van der Waals surface area contributed by atoms with Gasteiger partial charge in [0.25, 0.3) is 0 Å².